The highest BCUT2D eigenvalue weighted by atomic mass is 35.5. The molecule has 2 amide bonds. The van der Waals surface area contributed by atoms with Crippen LogP contribution >= 0.6 is 12.4 Å². The predicted octanol–water partition coefficient (Wildman–Crippen LogP) is 2.60. The molecule has 1 aromatic rings. The Morgan fingerprint density at radius 2 is 1.92 bits per heavy atom. The molecule has 0 saturated carbocycles. The zero-order chi connectivity index (χ0) is 16.8. The summed E-state index contributed by atoms with van der Waals surface area (Å²) in [6, 6.07) is 5.45. The summed E-state index contributed by atoms with van der Waals surface area (Å²) in [5, 5.41) is 5.76. The van der Waals surface area contributed by atoms with Crippen LogP contribution in [0, 0.1) is 6.92 Å². The van der Waals surface area contributed by atoms with Gasteiger partial charge in [-0.25, -0.2) is 0 Å². The molecule has 1 aromatic carbocycles. The van der Waals surface area contributed by atoms with Gasteiger partial charge in [0.15, 0.2) is 0 Å². The smallest absolute Gasteiger partial charge is 0.253 e. The Bertz CT molecular complexity index is 580. The third-order valence-electron chi connectivity index (χ3n) is 4.01. The second-order valence-electron chi connectivity index (χ2n) is 5.83. The van der Waals surface area contributed by atoms with Crippen molar-refractivity contribution in [3.63, 3.8) is 0 Å². The second kappa shape index (κ2) is 9.61. The van der Waals surface area contributed by atoms with Gasteiger partial charge in [0.1, 0.15) is 6.10 Å². The number of rotatable bonds is 6. The maximum atomic E-state index is 12.3. The number of hydrogen-bond donors (Lipinski definition) is 3. The van der Waals surface area contributed by atoms with Crippen molar-refractivity contribution in [2.75, 3.05) is 17.2 Å². The van der Waals surface area contributed by atoms with Gasteiger partial charge in [-0.15, -0.1) is 12.4 Å². The monoisotopic (exact) mass is 355 g/mol. The lowest BCUT2D eigenvalue weighted by Crippen LogP contribution is -2.30. The van der Waals surface area contributed by atoms with E-state index < -0.39 is 6.10 Å². The average molecular weight is 356 g/mol. The molecule has 6 nitrogen and oxygen atoms in total. The highest BCUT2D eigenvalue weighted by Gasteiger charge is 2.30. The summed E-state index contributed by atoms with van der Waals surface area (Å²) in [4.78, 5) is 24.0. The van der Waals surface area contributed by atoms with Crippen molar-refractivity contribution in [2.24, 2.45) is 5.73 Å². The molecule has 2 atom stereocenters. The molecule has 1 fully saturated rings. The summed E-state index contributed by atoms with van der Waals surface area (Å²) in [6.45, 7) is 4.26. The van der Waals surface area contributed by atoms with Gasteiger partial charge in [-0.2, -0.15) is 0 Å². The second-order valence-corrected chi connectivity index (χ2v) is 5.83. The highest BCUT2D eigenvalue weighted by Crippen LogP contribution is 2.25. The van der Waals surface area contributed by atoms with Crippen molar-refractivity contribution < 1.29 is 14.3 Å². The van der Waals surface area contributed by atoms with Crippen LogP contribution in [0.15, 0.2) is 18.2 Å². The Labute approximate surface area is 148 Å². The van der Waals surface area contributed by atoms with Crippen molar-refractivity contribution in [3.05, 3.63) is 23.8 Å². The van der Waals surface area contributed by atoms with Gasteiger partial charge in [-0.3, -0.25) is 9.59 Å². The van der Waals surface area contributed by atoms with Crippen LogP contribution in [0.2, 0.25) is 0 Å². The van der Waals surface area contributed by atoms with Crippen LogP contribution in [-0.4, -0.2) is 30.6 Å². The van der Waals surface area contributed by atoms with Gasteiger partial charge in [0.2, 0.25) is 5.91 Å². The summed E-state index contributed by atoms with van der Waals surface area (Å²) in [6.07, 6.45) is 2.27. The number of anilines is 2. The molecule has 1 aliphatic heterocycles. The lowest BCUT2D eigenvalue weighted by atomic mass is 10.1. The van der Waals surface area contributed by atoms with E-state index >= 15 is 0 Å². The first-order chi connectivity index (χ1) is 11.0. The van der Waals surface area contributed by atoms with Crippen LogP contribution in [0.3, 0.4) is 0 Å². The first-order valence-corrected chi connectivity index (χ1v) is 8.11. The highest BCUT2D eigenvalue weighted by molar-refractivity contribution is 5.97. The van der Waals surface area contributed by atoms with E-state index in [1.54, 1.807) is 0 Å². The Balaban J connectivity index is 0.00000288. The van der Waals surface area contributed by atoms with Crippen LogP contribution in [0.5, 0.6) is 0 Å². The molecule has 0 spiro atoms. The number of benzene rings is 1. The first-order valence-electron chi connectivity index (χ1n) is 8.11. The van der Waals surface area contributed by atoms with E-state index in [0.29, 0.717) is 30.8 Å². The van der Waals surface area contributed by atoms with E-state index in [9.17, 15) is 9.59 Å². The third-order valence-corrected chi connectivity index (χ3v) is 4.01. The van der Waals surface area contributed by atoms with E-state index in [4.69, 9.17) is 10.5 Å². The molecule has 1 heterocycles. The lowest BCUT2D eigenvalue weighted by Gasteiger charge is -2.16. The van der Waals surface area contributed by atoms with Crippen molar-refractivity contribution >= 4 is 35.6 Å². The summed E-state index contributed by atoms with van der Waals surface area (Å²) >= 11 is 0. The fourth-order valence-corrected chi connectivity index (χ4v) is 2.63. The maximum absolute atomic E-state index is 12.3. The SMILES string of the molecule is CCCC(=O)Nc1cccc(NC(=O)[C@@H]2CC[C@H](CN)O2)c1C.Cl. The number of nitrogens with two attached hydrogens (primary N) is 1. The van der Waals surface area contributed by atoms with Crippen LogP contribution in [0.25, 0.3) is 0 Å². The predicted molar refractivity (Wildman–Crippen MR) is 97.5 cm³/mol. The van der Waals surface area contributed by atoms with Gasteiger partial charge in [-0.1, -0.05) is 13.0 Å². The van der Waals surface area contributed by atoms with Gasteiger partial charge in [-0.05, 0) is 43.9 Å². The molecule has 24 heavy (non-hydrogen) atoms. The number of amides is 2. The average Bonchev–Trinajstić information content (AvgIpc) is 3.00. The molecule has 4 N–H and O–H groups in total. The topological polar surface area (TPSA) is 93.5 Å². The number of hydrogen-bond acceptors (Lipinski definition) is 4. The molecule has 0 aromatic heterocycles. The van der Waals surface area contributed by atoms with E-state index in [1.165, 1.54) is 0 Å². The standard InChI is InChI=1S/C17H25N3O3.ClH/c1-3-5-16(21)19-13-6-4-7-14(11(13)2)20-17(22)15-9-8-12(10-18)23-15;/h4,6-7,12,15H,3,5,8-10,18H2,1-2H3,(H,19,21)(H,20,22);1H/t12-,15+;/m1./s1. The molecule has 0 aliphatic carbocycles. The zero-order valence-electron chi connectivity index (χ0n) is 14.1. The number of halogens is 1. The minimum atomic E-state index is -0.457. The molecule has 0 unspecified atom stereocenters. The summed E-state index contributed by atoms with van der Waals surface area (Å²) in [5.74, 6) is -0.190. The number of carbonyl (C=O) groups is 2. The Kier molecular flexibility index (Phi) is 8.18. The van der Waals surface area contributed by atoms with Crippen LogP contribution in [0.1, 0.15) is 38.2 Å². The van der Waals surface area contributed by atoms with Gasteiger partial charge < -0.3 is 21.1 Å². The molecule has 1 aliphatic rings. The summed E-state index contributed by atoms with van der Waals surface area (Å²) < 4.78 is 5.60. The van der Waals surface area contributed by atoms with Crippen molar-refractivity contribution in [3.8, 4) is 0 Å². The molecule has 0 bridgehead atoms. The molecule has 2 rings (SSSR count). The number of carbonyl (C=O) groups excluding carboxylic acids is 2. The lowest BCUT2D eigenvalue weighted by molar-refractivity contribution is -0.126. The zero-order valence-corrected chi connectivity index (χ0v) is 14.9. The normalized spacial score (nSPS) is 19.5. The van der Waals surface area contributed by atoms with Crippen LogP contribution in [-0.2, 0) is 14.3 Å². The van der Waals surface area contributed by atoms with Gasteiger partial charge in [0.05, 0.1) is 6.10 Å². The Hall–Kier alpha value is -1.63. The fourth-order valence-electron chi connectivity index (χ4n) is 2.63. The van der Waals surface area contributed by atoms with E-state index in [0.717, 1.165) is 18.4 Å². The van der Waals surface area contributed by atoms with Crippen molar-refractivity contribution in [2.45, 2.75) is 51.7 Å². The van der Waals surface area contributed by atoms with Gasteiger partial charge >= 0.3 is 0 Å². The summed E-state index contributed by atoms with van der Waals surface area (Å²) in [7, 11) is 0. The molecular weight excluding hydrogens is 330 g/mol. The fraction of sp³-hybridized carbons (Fsp3) is 0.529. The Morgan fingerprint density at radius 1 is 1.25 bits per heavy atom. The molecule has 134 valence electrons. The van der Waals surface area contributed by atoms with Gasteiger partial charge in [0, 0.05) is 24.3 Å². The third kappa shape index (κ3) is 5.19. The van der Waals surface area contributed by atoms with Crippen molar-refractivity contribution in [1.82, 2.24) is 0 Å². The van der Waals surface area contributed by atoms with Crippen molar-refractivity contribution in [1.29, 1.82) is 0 Å². The Morgan fingerprint density at radius 3 is 2.50 bits per heavy atom. The number of nitrogens with one attached hydrogen (secondary N) is 2. The maximum Gasteiger partial charge on any atom is 0.253 e. The van der Waals surface area contributed by atoms with E-state index in [2.05, 4.69) is 10.6 Å². The molecule has 1 saturated heterocycles. The van der Waals surface area contributed by atoms with E-state index in [-0.39, 0.29) is 30.3 Å². The minimum absolute atomic E-state index is 0. The van der Waals surface area contributed by atoms with E-state index in [1.807, 2.05) is 32.0 Å². The molecule has 7 heteroatoms. The number of ether oxygens (including phenoxy) is 1. The minimum Gasteiger partial charge on any atom is -0.364 e. The first kappa shape index (κ1) is 20.4. The van der Waals surface area contributed by atoms with Crippen LogP contribution < -0.4 is 16.4 Å². The van der Waals surface area contributed by atoms with Crippen LogP contribution in [0.4, 0.5) is 11.4 Å². The summed E-state index contributed by atoms with van der Waals surface area (Å²) in [5.41, 5.74) is 7.80. The quantitative estimate of drug-likeness (QED) is 0.731. The molecule has 0 radical (unpaired) electrons. The largest absolute Gasteiger partial charge is 0.364 e. The molecular formula is C17H26ClN3O3. The van der Waals surface area contributed by atoms with Gasteiger partial charge in [0.25, 0.3) is 5.91 Å².